The number of hydrogen-bond donors (Lipinski definition) is 2. The Balaban J connectivity index is 1.88. The number of nitrogen functional groups attached to an aromatic ring is 1. The first-order valence-electron chi connectivity index (χ1n) is 5.66. The van der Waals surface area contributed by atoms with Crippen LogP contribution in [0.1, 0.15) is 16.1 Å². The van der Waals surface area contributed by atoms with Crippen LogP contribution >= 0.6 is 0 Å². The molecule has 0 atom stereocenters. The zero-order valence-corrected chi connectivity index (χ0v) is 9.84. The van der Waals surface area contributed by atoms with Gasteiger partial charge >= 0.3 is 0 Å². The maximum Gasteiger partial charge on any atom is 0.255 e. The fourth-order valence-corrected chi connectivity index (χ4v) is 1.55. The van der Waals surface area contributed by atoms with Gasteiger partial charge in [-0.05, 0) is 24.3 Å². The van der Waals surface area contributed by atoms with E-state index < -0.39 is 0 Å². The number of nitrogens with one attached hydrogen (secondary N) is 1. The van der Waals surface area contributed by atoms with Crippen molar-refractivity contribution < 1.29 is 4.79 Å². The second-order valence-corrected chi connectivity index (χ2v) is 3.76. The van der Waals surface area contributed by atoms with Gasteiger partial charge in [0.25, 0.3) is 5.91 Å². The van der Waals surface area contributed by atoms with Crippen LogP contribution in [0, 0.1) is 0 Å². The zero-order valence-electron chi connectivity index (χ0n) is 9.84. The average Bonchev–Trinajstić information content (AvgIpc) is 2.40. The van der Waals surface area contributed by atoms with Crippen molar-refractivity contribution in [1.82, 2.24) is 15.3 Å². The number of aromatic nitrogens is 2. The number of hydrogen-bond acceptors (Lipinski definition) is 4. The van der Waals surface area contributed by atoms with E-state index in [-0.39, 0.29) is 11.7 Å². The average molecular weight is 242 g/mol. The van der Waals surface area contributed by atoms with E-state index >= 15 is 0 Å². The number of anilines is 1. The lowest BCUT2D eigenvalue weighted by atomic mass is 10.2. The van der Waals surface area contributed by atoms with E-state index in [2.05, 4.69) is 15.3 Å². The van der Waals surface area contributed by atoms with Crippen LogP contribution in [0.4, 0.5) is 5.82 Å². The Kier molecular flexibility index (Phi) is 3.86. The SMILES string of the molecule is Nc1ncccc1C(=O)NCCc1ccccn1. The van der Waals surface area contributed by atoms with E-state index in [1.165, 1.54) is 0 Å². The largest absolute Gasteiger partial charge is 0.383 e. The third-order valence-electron chi connectivity index (χ3n) is 2.48. The molecule has 0 radical (unpaired) electrons. The van der Waals surface area contributed by atoms with Gasteiger partial charge in [0.15, 0.2) is 0 Å². The molecule has 1 amide bonds. The highest BCUT2D eigenvalue weighted by atomic mass is 16.1. The minimum absolute atomic E-state index is 0.212. The lowest BCUT2D eigenvalue weighted by Gasteiger charge is -2.06. The van der Waals surface area contributed by atoms with Gasteiger partial charge in [0.05, 0.1) is 5.56 Å². The van der Waals surface area contributed by atoms with Crippen molar-refractivity contribution in [3.8, 4) is 0 Å². The number of pyridine rings is 2. The quantitative estimate of drug-likeness (QED) is 0.839. The third kappa shape index (κ3) is 3.04. The summed E-state index contributed by atoms with van der Waals surface area (Å²) >= 11 is 0. The summed E-state index contributed by atoms with van der Waals surface area (Å²) in [5, 5.41) is 2.79. The van der Waals surface area contributed by atoms with E-state index in [1.807, 2.05) is 18.2 Å². The monoisotopic (exact) mass is 242 g/mol. The molecule has 2 aromatic heterocycles. The van der Waals surface area contributed by atoms with Gasteiger partial charge in [-0.3, -0.25) is 9.78 Å². The molecule has 0 spiro atoms. The van der Waals surface area contributed by atoms with Gasteiger partial charge < -0.3 is 11.1 Å². The number of amides is 1. The normalized spacial score (nSPS) is 10.0. The summed E-state index contributed by atoms with van der Waals surface area (Å²) in [4.78, 5) is 19.9. The Labute approximate surface area is 105 Å². The molecule has 92 valence electrons. The molecule has 2 rings (SSSR count). The highest BCUT2D eigenvalue weighted by Crippen LogP contribution is 2.06. The van der Waals surface area contributed by atoms with Crippen molar-refractivity contribution in [3.63, 3.8) is 0 Å². The van der Waals surface area contributed by atoms with Gasteiger partial charge in [-0.2, -0.15) is 0 Å². The third-order valence-corrected chi connectivity index (χ3v) is 2.48. The first kappa shape index (κ1) is 12.0. The molecule has 0 fully saturated rings. The predicted octanol–water partition coefficient (Wildman–Crippen LogP) is 1.03. The van der Waals surface area contributed by atoms with E-state index in [1.54, 1.807) is 24.5 Å². The van der Waals surface area contributed by atoms with Crippen LogP contribution in [0.2, 0.25) is 0 Å². The van der Waals surface area contributed by atoms with E-state index in [0.29, 0.717) is 18.5 Å². The van der Waals surface area contributed by atoms with Crippen LogP contribution in [-0.2, 0) is 6.42 Å². The minimum atomic E-state index is -0.212. The van der Waals surface area contributed by atoms with Gasteiger partial charge in [-0.25, -0.2) is 4.98 Å². The summed E-state index contributed by atoms with van der Waals surface area (Å²) in [5.41, 5.74) is 6.96. The van der Waals surface area contributed by atoms with Crippen molar-refractivity contribution >= 4 is 11.7 Å². The standard InChI is InChI=1S/C13H14N4O/c14-12-11(5-3-8-16-12)13(18)17-9-6-10-4-1-2-7-15-10/h1-5,7-8H,6,9H2,(H2,14,16)(H,17,18). The van der Waals surface area contributed by atoms with Crippen molar-refractivity contribution in [3.05, 3.63) is 54.0 Å². The van der Waals surface area contributed by atoms with Crippen LogP contribution in [0.3, 0.4) is 0 Å². The molecule has 2 aromatic rings. The molecule has 18 heavy (non-hydrogen) atoms. The molecule has 0 unspecified atom stereocenters. The van der Waals surface area contributed by atoms with Crippen molar-refractivity contribution in [2.75, 3.05) is 12.3 Å². The summed E-state index contributed by atoms with van der Waals surface area (Å²) in [5.74, 6) is 0.0318. The number of carbonyl (C=O) groups is 1. The number of carbonyl (C=O) groups excluding carboxylic acids is 1. The lowest BCUT2D eigenvalue weighted by Crippen LogP contribution is -2.26. The van der Waals surface area contributed by atoms with E-state index in [0.717, 1.165) is 5.69 Å². The Bertz CT molecular complexity index is 528. The molecule has 2 heterocycles. The molecule has 3 N–H and O–H groups in total. The second-order valence-electron chi connectivity index (χ2n) is 3.76. The summed E-state index contributed by atoms with van der Waals surface area (Å²) in [6.45, 7) is 0.518. The van der Waals surface area contributed by atoms with Gasteiger partial charge in [0.1, 0.15) is 5.82 Å². The number of nitrogens with two attached hydrogens (primary N) is 1. The molecule has 0 aliphatic heterocycles. The summed E-state index contributed by atoms with van der Waals surface area (Å²) in [6, 6.07) is 9.04. The molecule has 0 aliphatic carbocycles. The Morgan fingerprint density at radius 1 is 1.17 bits per heavy atom. The fourth-order valence-electron chi connectivity index (χ4n) is 1.55. The van der Waals surface area contributed by atoms with E-state index in [9.17, 15) is 4.79 Å². The smallest absolute Gasteiger partial charge is 0.255 e. The van der Waals surface area contributed by atoms with Gasteiger partial charge in [0.2, 0.25) is 0 Å². The second kappa shape index (κ2) is 5.77. The Hall–Kier alpha value is -2.43. The number of nitrogens with zero attached hydrogens (tertiary/aromatic N) is 2. The molecule has 5 nitrogen and oxygen atoms in total. The maximum absolute atomic E-state index is 11.8. The lowest BCUT2D eigenvalue weighted by molar-refractivity contribution is 0.0954. The molecule has 0 bridgehead atoms. The van der Waals surface area contributed by atoms with Crippen molar-refractivity contribution in [1.29, 1.82) is 0 Å². The summed E-state index contributed by atoms with van der Waals surface area (Å²) in [6.07, 6.45) is 3.98. The van der Waals surface area contributed by atoms with Crippen LogP contribution in [-0.4, -0.2) is 22.4 Å². The summed E-state index contributed by atoms with van der Waals surface area (Å²) < 4.78 is 0. The van der Waals surface area contributed by atoms with Gasteiger partial charge in [-0.1, -0.05) is 6.07 Å². The molecular formula is C13H14N4O. The Morgan fingerprint density at radius 2 is 2.00 bits per heavy atom. The van der Waals surface area contributed by atoms with Gasteiger partial charge in [0, 0.05) is 31.1 Å². The van der Waals surface area contributed by atoms with Crippen molar-refractivity contribution in [2.24, 2.45) is 0 Å². The van der Waals surface area contributed by atoms with Crippen LogP contribution in [0.25, 0.3) is 0 Å². The molecule has 0 aliphatic rings. The number of rotatable bonds is 4. The molecule has 0 saturated heterocycles. The maximum atomic E-state index is 11.8. The molecule has 0 aromatic carbocycles. The predicted molar refractivity (Wildman–Crippen MR) is 68.9 cm³/mol. The molecule has 5 heteroatoms. The Morgan fingerprint density at radius 3 is 2.72 bits per heavy atom. The fraction of sp³-hybridized carbons (Fsp3) is 0.154. The van der Waals surface area contributed by atoms with E-state index in [4.69, 9.17) is 5.73 Å². The highest BCUT2D eigenvalue weighted by Gasteiger charge is 2.08. The van der Waals surface area contributed by atoms with Crippen LogP contribution < -0.4 is 11.1 Å². The van der Waals surface area contributed by atoms with Crippen LogP contribution in [0.5, 0.6) is 0 Å². The molecular weight excluding hydrogens is 228 g/mol. The van der Waals surface area contributed by atoms with Crippen molar-refractivity contribution in [2.45, 2.75) is 6.42 Å². The first-order chi connectivity index (χ1) is 8.77. The summed E-state index contributed by atoms with van der Waals surface area (Å²) in [7, 11) is 0. The molecule has 0 saturated carbocycles. The zero-order chi connectivity index (χ0) is 12.8. The first-order valence-corrected chi connectivity index (χ1v) is 5.66. The van der Waals surface area contributed by atoms with Gasteiger partial charge in [-0.15, -0.1) is 0 Å². The topological polar surface area (TPSA) is 80.9 Å². The minimum Gasteiger partial charge on any atom is -0.383 e. The highest BCUT2D eigenvalue weighted by molar-refractivity contribution is 5.98. The van der Waals surface area contributed by atoms with Crippen LogP contribution in [0.15, 0.2) is 42.7 Å².